The fraction of sp³-hybridized carbons (Fsp3) is 0.348. The third-order valence-corrected chi connectivity index (χ3v) is 5.19. The first kappa shape index (κ1) is 24.0. The molecule has 1 aliphatic rings. The molecule has 0 aromatic heterocycles. The summed E-state index contributed by atoms with van der Waals surface area (Å²) in [6.07, 6.45) is 0. The molecule has 1 fully saturated rings. The number of ether oxygens (including phenoxy) is 2. The van der Waals surface area contributed by atoms with Gasteiger partial charge in [-0.05, 0) is 62.2 Å². The standard InChI is InChI=1S/C23H27N3O7/c1-4-26(25-7-9-32-10-8-25)22(29)18-13-17(5-6-19(18)27)33-20-14(2)11-16(12-15(20)3)24-21(28)23(30)31/h5-6,11-13,27H,4,7-10H2,1-3H3,(H,24,28)(H,30,31). The predicted octanol–water partition coefficient (Wildman–Crippen LogP) is 2.53. The van der Waals surface area contributed by atoms with Crippen molar-refractivity contribution in [3.05, 3.63) is 47.0 Å². The Hall–Kier alpha value is -3.63. The topological polar surface area (TPSA) is 129 Å². The molecular weight excluding hydrogens is 430 g/mol. The summed E-state index contributed by atoms with van der Waals surface area (Å²) in [6, 6.07) is 7.62. The average Bonchev–Trinajstić information content (AvgIpc) is 2.78. The van der Waals surface area contributed by atoms with Gasteiger partial charge in [-0.15, -0.1) is 0 Å². The molecule has 1 heterocycles. The molecule has 33 heavy (non-hydrogen) atoms. The largest absolute Gasteiger partial charge is 0.507 e. The number of amides is 2. The maximum atomic E-state index is 13.2. The van der Waals surface area contributed by atoms with Crippen LogP contribution < -0.4 is 10.1 Å². The molecule has 3 N–H and O–H groups in total. The van der Waals surface area contributed by atoms with Crippen LogP contribution in [-0.2, 0) is 14.3 Å². The predicted molar refractivity (Wildman–Crippen MR) is 119 cm³/mol. The minimum absolute atomic E-state index is 0.112. The number of carbonyl (C=O) groups is 3. The van der Waals surface area contributed by atoms with Gasteiger partial charge in [0.1, 0.15) is 17.2 Å². The van der Waals surface area contributed by atoms with Crippen LogP contribution >= 0.6 is 0 Å². The first-order valence-corrected chi connectivity index (χ1v) is 10.5. The molecule has 0 aliphatic carbocycles. The third kappa shape index (κ3) is 5.60. The highest BCUT2D eigenvalue weighted by Gasteiger charge is 2.26. The second kappa shape index (κ2) is 10.3. The van der Waals surface area contributed by atoms with Gasteiger partial charge >= 0.3 is 11.9 Å². The van der Waals surface area contributed by atoms with Crippen molar-refractivity contribution in [1.82, 2.24) is 10.0 Å². The first-order valence-electron chi connectivity index (χ1n) is 10.5. The number of benzene rings is 2. The SMILES string of the molecule is CCN(C(=O)c1cc(Oc2c(C)cc(NC(=O)C(=O)O)cc2C)ccc1O)N1CCOCC1. The summed E-state index contributed by atoms with van der Waals surface area (Å²) < 4.78 is 11.4. The summed E-state index contributed by atoms with van der Waals surface area (Å²) in [5.74, 6) is -2.37. The summed E-state index contributed by atoms with van der Waals surface area (Å²) >= 11 is 0. The number of morpholine rings is 1. The number of aryl methyl sites for hydroxylation is 2. The number of aliphatic carboxylic acids is 1. The van der Waals surface area contributed by atoms with E-state index >= 15 is 0 Å². The summed E-state index contributed by atoms with van der Waals surface area (Å²) in [5, 5.41) is 24.9. The van der Waals surface area contributed by atoms with E-state index in [-0.39, 0.29) is 17.2 Å². The zero-order valence-electron chi connectivity index (χ0n) is 18.8. The monoisotopic (exact) mass is 457 g/mol. The number of carbonyl (C=O) groups excluding carboxylic acids is 2. The Bertz CT molecular complexity index is 1040. The van der Waals surface area contributed by atoms with Crippen molar-refractivity contribution in [3.8, 4) is 17.2 Å². The number of rotatable bonds is 6. The number of carboxylic acids is 1. The molecule has 10 heteroatoms. The highest BCUT2D eigenvalue weighted by Crippen LogP contribution is 2.34. The maximum Gasteiger partial charge on any atom is 0.394 e. The molecule has 0 atom stereocenters. The van der Waals surface area contributed by atoms with Crippen LogP contribution in [0.5, 0.6) is 17.2 Å². The molecule has 0 radical (unpaired) electrons. The van der Waals surface area contributed by atoms with Gasteiger partial charge in [0.05, 0.1) is 18.8 Å². The van der Waals surface area contributed by atoms with Crippen molar-refractivity contribution in [2.24, 2.45) is 0 Å². The van der Waals surface area contributed by atoms with Crippen molar-refractivity contribution in [1.29, 1.82) is 0 Å². The van der Waals surface area contributed by atoms with Crippen molar-refractivity contribution >= 4 is 23.5 Å². The number of hydrogen-bond acceptors (Lipinski definition) is 7. The third-order valence-electron chi connectivity index (χ3n) is 5.19. The minimum atomic E-state index is -1.58. The summed E-state index contributed by atoms with van der Waals surface area (Å²) in [5.41, 5.74) is 1.75. The Morgan fingerprint density at radius 1 is 1.12 bits per heavy atom. The zero-order valence-corrected chi connectivity index (χ0v) is 18.8. The van der Waals surface area contributed by atoms with Gasteiger partial charge in [-0.2, -0.15) is 0 Å². The lowest BCUT2D eigenvalue weighted by molar-refractivity contribution is -0.147. The van der Waals surface area contributed by atoms with Crippen LogP contribution in [0.1, 0.15) is 28.4 Å². The Morgan fingerprint density at radius 2 is 1.76 bits per heavy atom. The lowest BCUT2D eigenvalue weighted by Crippen LogP contribution is -2.51. The number of anilines is 1. The molecule has 2 amide bonds. The summed E-state index contributed by atoms with van der Waals surface area (Å²) in [6.45, 7) is 8.03. The number of hydrazine groups is 1. The fourth-order valence-electron chi connectivity index (χ4n) is 3.64. The van der Waals surface area contributed by atoms with Crippen LogP contribution in [0, 0.1) is 13.8 Å². The summed E-state index contributed by atoms with van der Waals surface area (Å²) in [4.78, 5) is 35.4. The molecule has 2 aromatic carbocycles. The Labute approximate surface area is 191 Å². The molecule has 0 saturated carbocycles. The second-order valence-electron chi connectivity index (χ2n) is 7.57. The van der Waals surface area contributed by atoms with Crippen LogP contribution in [0.4, 0.5) is 5.69 Å². The lowest BCUT2D eigenvalue weighted by Gasteiger charge is -2.36. The molecule has 176 valence electrons. The summed E-state index contributed by atoms with van der Waals surface area (Å²) in [7, 11) is 0. The van der Waals surface area contributed by atoms with Crippen LogP contribution in [0.2, 0.25) is 0 Å². The molecule has 0 bridgehead atoms. The number of phenols is 1. The smallest absolute Gasteiger partial charge is 0.394 e. The number of carboxylic acid groups (broad SMARTS) is 1. The quantitative estimate of drug-likeness (QED) is 0.565. The van der Waals surface area contributed by atoms with Crippen LogP contribution in [0.25, 0.3) is 0 Å². The Kier molecular flexibility index (Phi) is 7.52. The van der Waals surface area contributed by atoms with E-state index in [1.54, 1.807) is 37.1 Å². The molecule has 10 nitrogen and oxygen atoms in total. The Morgan fingerprint density at radius 3 is 2.33 bits per heavy atom. The molecule has 2 aromatic rings. The van der Waals surface area contributed by atoms with Gasteiger partial charge < -0.3 is 25.0 Å². The number of nitrogens with one attached hydrogen (secondary N) is 1. The maximum absolute atomic E-state index is 13.2. The lowest BCUT2D eigenvalue weighted by atomic mass is 10.1. The van der Waals surface area contributed by atoms with Crippen molar-refractivity contribution in [2.45, 2.75) is 20.8 Å². The fourth-order valence-corrected chi connectivity index (χ4v) is 3.64. The average molecular weight is 457 g/mol. The van der Waals surface area contributed by atoms with Gasteiger partial charge in [0.2, 0.25) is 0 Å². The van der Waals surface area contributed by atoms with E-state index in [9.17, 15) is 19.5 Å². The van der Waals surface area contributed by atoms with Gasteiger partial charge in [0.25, 0.3) is 5.91 Å². The van der Waals surface area contributed by atoms with E-state index in [0.717, 1.165) is 0 Å². The van der Waals surface area contributed by atoms with E-state index in [1.807, 2.05) is 11.9 Å². The highest BCUT2D eigenvalue weighted by molar-refractivity contribution is 6.36. The number of hydrogen-bond donors (Lipinski definition) is 3. The molecule has 1 saturated heterocycles. The van der Waals surface area contributed by atoms with E-state index in [0.29, 0.717) is 61.2 Å². The molecule has 1 aliphatic heterocycles. The number of nitrogens with zero attached hydrogens (tertiary/aromatic N) is 2. The van der Waals surface area contributed by atoms with Crippen LogP contribution in [0.15, 0.2) is 30.3 Å². The number of aromatic hydroxyl groups is 1. The van der Waals surface area contributed by atoms with Crippen molar-refractivity contribution < 1.29 is 34.1 Å². The van der Waals surface area contributed by atoms with E-state index in [4.69, 9.17) is 14.6 Å². The van der Waals surface area contributed by atoms with Gasteiger partial charge in [0.15, 0.2) is 0 Å². The Balaban J connectivity index is 1.84. The van der Waals surface area contributed by atoms with Gasteiger partial charge in [-0.25, -0.2) is 9.80 Å². The van der Waals surface area contributed by atoms with Crippen molar-refractivity contribution in [2.75, 3.05) is 38.2 Å². The zero-order chi connectivity index (χ0) is 24.1. The molecule has 0 unspecified atom stereocenters. The normalized spacial score (nSPS) is 13.9. The van der Waals surface area contributed by atoms with E-state index in [2.05, 4.69) is 5.32 Å². The molecular formula is C23H27N3O7. The minimum Gasteiger partial charge on any atom is -0.507 e. The first-order chi connectivity index (χ1) is 15.7. The molecule has 3 rings (SSSR count). The van der Waals surface area contributed by atoms with E-state index < -0.39 is 11.9 Å². The van der Waals surface area contributed by atoms with Crippen molar-refractivity contribution in [3.63, 3.8) is 0 Å². The van der Waals surface area contributed by atoms with Gasteiger partial charge in [-0.1, -0.05) is 0 Å². The van der Waals surface area contributed by atoms with Crippen LogP contribution in [-0.4, -0.2) is 70.9 Å². The number of phenolic OH excluding ortho intramolecular Hbond substituents is 1. The van der Waals surface area contributed by atoms with Crippen LogP contribution in [0.3, 0.4) is 0 Å². The highest BCUT2D eigenvalue weighted by atomic mass is 16.5. The van der Waals surface area contributed by atoms with Gasteiger partial charge in [0, 0.05) is 25.3 Å². The van der Waals surface area contributed by atoms with E-state index in [1.165, 1.54) is 12.1 Å². The second-order valence-corrected chi connectivity index (χ2v) is 7.57. The van der Waals surface area contributed by atoms with Gasteiger partial charge in [-0.3, -0.25) is 14.6 Å². The molecule has 0 spiro atoms.